The SMILES string of the molecule is CC(C)COc1ccc(CN=C(N)NCCc2cccs2)cc1. The number of benzene rings is 1. The Balaban J connectivity index is 1.72. The van der Waals surface area contributed by atoms with Crippen LogP contribution in [0.3, 0.4) is 0 Å². The minimum absolute atomic E-state index is 0.488. The van der Waals surface area contributed by atoms with Crippen molar-refractivity contribution in [1.82, 2.24) is 5.32 Å². The Morgan fingerprint density at radius 3 is 2.70 bits per heavy atom. The average molecular weight is 331 g/mol. The fourth-order valence-electron chi connectivity index (χ4n) is 1.95. The van der Waals surface area contributed by atoms with Gasteiger partial charge in [-0.25, -0.2) is 4.99 Å². The number of hydrogen-bond donors (Lipinski definition) is 2. The van der Waals surface area contributed by atoms with E-state index >= 15 is 0 Å². The Kier molecular flexibility index (Phi) is 6.94. The molecular weight excluding hydrogens is 306 g/mol. The molecule has 0 aliphatic rings. The van der Waals surface area contributed by atoms with Gasteiger partial charge < -0.3 is 15.8 Å². The minimum Gasteiger partial charge on any atom is -0.493 e. The summed E-state index contributed by atoms with van der Waals surface area (Å²) in [5.74, 6) is 1.91. The number of nitrogens with zero attached hydrogens (tertiary/aromatic N) is 1. The van der Waals surface area contributed by atoms with Crippen LogP contribution < -0.4 is 15.8 Å². The summed E-state index contributed by atoms with van der Waals surface area (Å²) >= 11 is 1.76. The van der Waals surface area contributed by atoms with Crippen LogP contribution >= 0.6 is 11.3 Å². The van der Waals surface area contributed by atoms with Crippen LogP contribution in [0.2, 0.25) is 0 Å². The van der Waals surface area contributed by atoms with E-state index in [1.54, 1.807) is 11.3 Å². The van der Waals surface area contributed by atoms with Crippen LogP contribution in [0.4, 0.5) is 0 Å². The number of hydrogen-bond acceptors (Lipinski definition) is 3. The molecule has 0 aliphatic carbocycles. The molecule has 0 saturated carbocycles. The average Bonchev–Trinajstić information content (AvgIpc) is 3.05. The predicted molar refractivity (Wildman–Crippen MR) is 98.1 cm³/mol. The smallest absolute Gasteiger partial charge is 0.188 e. The highest BCUT2D eigenvalue weighted by molar-refractivity contribution is 7.09. The second kappa shape index (κ2) is 9.20. The Bertz CT molecular complexity index is 591. The van der Waals surface area contributed by atoms with E-state index in [1.807, 2.05) is 24.3 Å². The van der Waals surface area contributed by atoms with Gasteiger partial charge in [0.05, 0.1) is 13.2 Å². The van der Waals surface area contributed by atoms with Crippen LogP contribution in [0, 0.1) is 5.92 Å². The van der Waals surface area contributed by atoms with Crippen molar-refractivity contribution in [3.8, 4) is 5.75 Å². The van der Waals surface area contributed by atoms with Crippen LogP contribution in [0.25, 0.3) is 0 Å². The second-order valence-corrected chi connectivity index (χ2v) is 6.84. The zero-order valence-corrected chi connectivity index (χ0v) is 14.6. The fraction of sp³-hybridized carbons (Fsp3) is 0.389. The lowest BCUT2D eigenvalue weighted by Gasteiger charge is -2.09. The number of nitrogens with two attached hydrogens (primary N) is 1. The van der Waals surface area contributed by atoms with Gasteiger partial charge in [0.15, 0.2) is 5.96 Å². The highest BCUT2D eigenvalue weighted by Gasteiger charge is 1.99. The first kappa shape index (κ1) is 17.3. The number of rotatable bonds is 8. The normalized spacial score (nSPS) is 11.7. The number of guanidine groups is 1. The van der Waals surface area contributed by atoms with Crippen LogP contribution in [-0.4, -0.2) is 19.1 Å². The topological polar surface area (TPSA) is 59.6 Å². The maximum absolute atomic E-state index is 5.89. The van der Waals surface area contributed by atoms with Gasteiger partial charge in [0.1, 0.15) is 5.75 Å². The standard InChI is InChI=1S/C18H25N3OS/c1-14(2)13-22-16-7-5-15(6-8-16)12-21-18(19)20-10-9-17-4-3-11-23-17/h3-8,11,14H,9-10,12-13H2,1-2H3,(H3,19,20,21). The summed E-state index contributed by atoms with van der Waals surface area (Å²) in [5, 5.41) is 5.23. The van der Waals surface area contributed by atoms with Gasteiger partial charge in [0, 0.05) is 11.4 Å². The highest BCUT2D eigenvalue weighted by atomic mass is 32.1. The fourth-order valence-corrected chi connectivity index (χ4v) is 2.66. The lowest BCUT2D eigenvalue weighted by molar-refractivity contribution is 0.271. The molecule has 4 nitrogen and oxygen atoms in total. The van der Waals surface area contributed by atoms with E-state index in [1.165, 1.54) is 4.88 Å². The van der Waals surface area contributed by atoms with Crippen LogP contribution in [0.15, 0.2) is 46.8 Å². The molecule has 2 aromatic rings. The Labute approximate surface area is 142 Å². The molecule has 0 saturated heterocycles. The minimum atomic E-state index is 0.488. The van der Waals surface area contributed by atoms with Crippen molar-refractivity contribution in [1.29, 1.82) is 0 Å². The molecule has 0 spiro atoms. The van der Waals surface area contributed by atoms with Crippen molar-refractivity contribution in [2.75, 3.05) is 13.2 Å². The molecule has 1 aromatic heterocycles. The van der Waals surface area contributed by atoms with Gasteiger partial charge in [0.2, 0.25) is 0 Å². The van der Waals surface area contributed by atoms with Crippen molar-refractivity contribution < 1.29 is 4.74 Å². The van der Waals surface area contributed by atoms with Crippen molar-refractivity contribution in [2.24, 2.45) is 16.6 Å². The lowest BCUT2D eigenvalue weighted by atomic mass is 10.2. The molecule has 3 N–H and O–H groups in total. The van der Waals surface area contributed by atoms with Crippen molar-refractivity contribution in [3.05, 3.63) is 52.2 Å². The summed E-state index contributed by atoms with van der Waals surface area (Å²) < 4.78 is 5.66. The first-order valence-corrected chi connectivity index (χ1v) is 8.79. The van der Waals surface area contributed by atoms with Crippen LogP contribution in [0.5, 0.6) is 5.75 Å². The molecule has 0 bridgehead atoms. The van der Waals surface area contributed by atoms with Gasteiger partial charge in [-0.15, -0.1) is 11.3 Å². The molecule has 0 amide bonds. The zero-order valence-electron chi connectivity index (χ0n) is 13.8. The maximum Gasteiger partial charge on any atom is 0.188 e. The van der Waals surface area contributed by atoms with E-state index in [4.69, 9.17) is 10.5 Å². The molecule has 0 atom stereocenters. The van der Waals surface area contributed by atoms with Gasteiger partial charge in [-0.3, -0.25) is 0 Å². The number of nitrogens with one attached hydrogen (secondary N) is 1. The summed E-state index contributed by atoms with van der Waals surface area (Å²) in [4.78, 5) is 5.71. The summed E-state index contributed by atoms with van der Waals surface area (Å²) in [7, 11) is 0. The van der Waals surface area contributed by atoms with E-state index < -0.39 is 0 Å². The molecule has 5 heteroatoms. The highest BCUT2D eigenvalue weighted by Crippen LogP contribution is 2.13. The van der Waals surface area contributed by atoms with Crippen molar-refractivity contribution >= 4 is 17.3 Å². The van der Waals surface area contributed by atoms with E-state index in [9.17, 15) is 0 Å². The van der Waals surface area contributed by atoms with E-state index in [-0.39, 0.29) is 0 Å². The molecular formula is C18H25N3OS. The van der Waals surface area contributed by atoms with Crippen LogP contribution in [0.1, 0.15) is 24.3 Å². The van der Waals surface area contributed by atoms with Crippen LogP contribution in [-0.2, 0) is 13.0 Å². The zero-order chi connectivity index (χ0) is 16.5. The van der Waals surface area contributed by atoms with Gasteiger partial charge >= 0.3 is 0 Å². The van der Waals surface area contributed by atoms with Gasteiger partial charge in [-0.2, -0.15) is 0 Å². The summed E-state index contributed by atoms with van der Waals surface area (Å²) in [5.41, 5.74) is 7.01. The Hall–Kier alpha value is -2.01. The molecule has 0 fully saturated rings. The Morgan fingerprint density at radius 2 is 2.04 bits per heavy atom. The molecule has 0 aliphatic heterocycles. The maximum atomic E-state index is 5.89. The molecule has 124 valence electrons. The first-order chi connectivity index (χ1) is 11.1. The third-order valence-corrected chi connectivity index (χ3v) is 4.13. The van der Waals surface area contributed by atoms with Gasteiger partial charge in [0.25, 0.3) is 0 Å². The second-order valence-electron chi connectivity index (χ2n) is 5.81. The molecule has 2 rings (SSSR count). The van der Waals surface area contributed by atoms with E-state index in [0.717, 1.165) is 30.9 Å². The summed E-state index contributed by atoms with van der Waals surface area (Å²) in [6.07, 6.45) is 0.968. The monoisotopic (exact) mass is 331 g/mol. The lowest BCUT2D eigenvalue weighted by Crippen LogP contribution is -2.33. The summed E-state index contributed by atoms with van der Waals surface area (Å²) in [6.45, 7) is 6.38. The number of thiophene rings is 1. The molecule has 1 aromatic carbocycles. The quantitative estimate of drug-likeness (QED) is 0.575. The van der Waals surface area contributed by atoms with Crippen molar-refractivity contribution in [2.45, 2.75) is 26.8 Å². The van der Waals surface area contributed by atoms with Gasteiger partial charge in [-0.1, -0.05) is 32.0 Å². The third kappa shape index (κ3) is 6.74. The largest absolute Gasteiger partial charge is 0.493 e. The Morgan fingerprint density at radius 1 is 1.26 bits per heavy atom. The first-order valence-electron chi connectivity index (χ1n) is 7.91. The summed E-state index contributed by atoms with van der Waals surface area (Å²) in [6, 6.07) is 12.2. The van der Waals surface area contributed by atoms with Gasteiger partial charge in [-0.05, 0) is 41.5 Å². The number of aliphatic imine (C=N–C) groups is 1. The van der Waals surface area contributed by atoms with E-state index in [0.29, 0.717) is 18.4 Å². The molecule has 1 heterocycles. The third-order valence-electron chi connectivity index (χ3n) is 3.20. The molecule has 0 unspecified atom stereocenters. The van der Waals surface area contributed by atoms with Crippen molar-refractivity contribution in [3.63, 3.8) is 0 Å². The molecule has 23 heavy (non-hydrogen) atoms. The predicted octanol–water partition coefficient (Wildman–Crippen LogP) is 3.43. The molecule has 0 radical (unpaired) electrons. The van der Waals surface area contributed by atoms with E-state index in [2.05, 4.69) is 41.7 Å². The number of ether oxygens (including phenoxy) is 1.